The van der Waals surface area contributed by atoms with E-state index < -0.39 is 0 Å². The first-order valence-electron chi connectivity index (χ1n) is 4.71. The summed E-state index contributed by atoms with van der Waals surface area (Å²) in [7, 11) is 1.92. The Morgan fingerprint density at radius 3 is 2.62 bits per heavy atom. The number of anilines is 2. The van der Waals surface area contributed by atoms with Crippen LogP contribution in [0.5, 0.6) is 0 Å². The van der Waals surface area contributed by atoms with Crippen molar-refractivity contribution in [3.8, 4) is 0 Å². The molecule has 1 aromatic rings. The van der Waals surface area contributed by atoms with Gasteiger partial charge in [0.2, 0.25) is 0 Å². The van der Waals surface area contributed by atoms with Gasteiger partial charge in [-0.25, -0.2) is 4.98 Å². The highest BCUT2D eigenvalue weighted by molar-refractivity contribution is 5.64. The highest BCUT2D eigenvalue weighted by atomic mass is 15.2. The van der Waals surface area contributed by atoms with Crippen LogP contribution in [-0.4, -0.2) is 25.1 Å². The lowest BCUT2D eigenvalue weighted by Crippen LogP contribution is -2.23. The van der Waals surface area contributed by atoms with E-state index >= 15 is 0 Å². The molecule has 0 bridgehead atoms. The Morgan fingerprint density at radius 1 is 1.38 bits per heavy atom. The van der Waals surface area contributed by atoms with E-state index in [0.29, 0.717) is 0 Å². The summed E-state index contributed by atoms with van der Waals surface area (Å²) in [5.74, 6) is 1.04. The van der Waals surface area contributed by atoms with Crippen LogP contribution >= 0.6 is 0 Å². The molecule has 1 heterocycles. The second kappa shape index (κ2) is 4.70. The lowest BCUT2D eigenvalue weighted by molar-refractivity contribution is 0.847. The molecule has 0 unspecified atom stereocenters. The minimum atomic E-state index is 0.988. The Labute approximate surface area is 79.8 Å². The van der Waals surface area contributed by atoms with E-state index in [2.05, 4.69) is 29.0 Å². The van der Waals surface area contributed by atoms with Crippen LogP contribution in [0.4, 0.5) is 11.5 Å². The van der Waals surface area contributed by atoms with Crippen molar-refractivity contribution in [2.24, 2.45) is 0 Å². The Balaban J connectivity index is 2.96. The molecular formula is C10H17N3. The molecule has 1 rings (SSSR count). The van der Waals surface area contributed by atoms with Crippen molar-refractivity contribution in [3.63, 3.8) is 0 Å². The average Bonchev–Trinajstić information content (AvgIpc) is 2.20. The van der Waals surface area contributed by atoms with Crippen molar-refractivity contribution >= 4 is 11.5 Å². The summed E-state index contributed by atoms with van der Waals surface area (Å²) in [5, 5.41) is 3.14. The maximum absolute atomic E-state index is 4.35. The fourth-order valence-corrected chi connectivity index (χ4v) is 1.37. The van der Waals surface area contributed by atoms with Gasteiger partial charge >= 0.3 is 0 Å². The molecular weight excluding hydrogens is 162 g/mol. The van der Waals surface area contributed by atoms with Crippen molar-refractivity contribution in [2.45, 2.75) is 13.8 Å². The van der Waals surface area contributed by atoms with Gasteiger partial charge in [-0.3, -0.25) is 0 Å². The van der Waals surface area contributed by atoms with Crippen LogP contribution in [-0.2, 0) is 0 Å². The van der Waals surface area contributed by atoms with Gasteiger partial charge in [0, 0.05) is 26.3 Å². The molecule has 0 radical (unpaired) electrons. The van der Waals surface area contributed by atoms with E-state index in [9.17, 15) is 0 Å². The van der Waals surface area contributed by atoms with Crippen LogP contribution in [0, 0.1) is 0 Å². The molecule has 0 aliphatic rings. The fraction of sp³-hybridized carbons (Fsp3) is 0.500. The number of hydrogen-bond acceptors (Lipinski definition) is 3. The maximum atomic E-state index is 4.35. The summed E-state index contributed by atoms with van der Waals surface area (Å²) in [4.78, 5) is 6.58. The largest absolute Gasteiger partial charge is 0.385 e. The van der Waals surface area contributed by atoms with Crippen molar-refractivity contribution < 1.29 is 0 Å². The van der Waals surface area contributed by atoms with E-state index in [0.717, 1.165) is 24.6 Å². The average molecular weight is 179 g/mol. The molecule has 13 heavy (non-hydrogen) atoms. The van der Waals surface area contributed by atoms with Gasteiger partial charge in [0.15, 0.2) is 5.82 Å². The lowest BCUT2D eigenvalue weighted by atomic mass is 10.3. The molecule has 72 valence electrons. The summed E-state index contributed by atoms with van der Waals surface area (Å²) in [6.45, 7) is 6.25. The number of nitrogens with one attached hydrogen (secondary N) is 1. The van der Waals surface area contributed by atoms with Crippen LogP contribution in [0.3, 0.4) is 0 Å². The summed E-state index contributed by atoms with van der Waals surface area (Å²) < 4.78 is 0. The van der Waals surface area contributed by atoms with Gasteiger partial charge < -0.3 is 10.2 Å². The Hall–Kier alpha value is -1.25. The highest BCUT2D eigenvalue weighted by Crippen LogP contribution is 2.21. The Morgan fingerprint density at radius 2 is 2.08 bits per heavy atom. The van der Waals surface area contributed by atoms with Gasteiger partial charge in [-0.15, -0.1) is 0 Å². The first-order chi connectivity index (χ1) is 6.33. The standard InChI is InChI=1S/C10H17N3/c1-4-13(5-2)10-9(11-3)7-6-8-12-10/h6-8,11H,4-5H2,1-3H3. The molecule has 0 aliphatic carbocycles. The lowest BCUT2D eigenvalue weighted by Gasteiger charge is -2.22. The number of hydrogen-bond donors (Lipinski definition) is 1. The molecule has 0 amide bonds. The van der Waals surface area contributed by atoms with Crippen molar-refractivity contribution in [1.29, 1.82) is 0 Å². The topological polar surface area (TPSA) is 28.2 Å². The van der Waals surface area contributed by atoms with Crippen LogP contribution < -0.4 is 10.2 Å². The third-order valence-electron chi connectivity index (χ3n) is 2.12. The van der Waals surface area contributed by atoms with E-state index in [-0.39, 0.29) is 0 Å². The normalized spacial score (nSPS) is 9.77. The summed E-state index contributed by atoms with van der Waals surface area (Å²) in [5.41, 5.74) is 1.09. The predicted molar refractivity (Wildman–Crippen MR) is 57.3 cm³/mol. The summed E-state index contributed by atoms with van der Waals surface area (Å²) in [6, 6.07) is 3.99. The molecule has 0 saturated heterocycles. The van der Waals surface area contributed by atoms with E-state index in [1.807, 2.05) is 25.4 Å². The van der Waals surface area contributed by atoms with Gasteiger partial charge in [0.05, 0.1) is 5.69 Å². The zero-order valence-electron chi connectivity index (χ0n) is 8.54. The zero-order valence-corrected chi connectivity index (χ0v) is 8.54. The molecule has 3 heteroatoms. The second-order valence-corrected chi connectivity index (χ2v) is 2.80. The molecule has 3 nitrogen and oxygen atoms in total. The number of rotatable bonds is 4. The van der Waals surface area contributed by atoms with Crippen LogP contribution in [0.15, 0.2) is 18.3 Å². The van der Waals surface area contributed by atoms with Gasteiger partial charge in [-0.05, 0) is 26.0 Å². The minimum absolute atomic E-state index is 0.988. The van der Waals surface area contributed by atoms with Crippen molar-refractivity contribution in [1.82, 2.24) is 4.98 Å². The molecule has 0 aromatic carbocycles. The predicted octanol–water partition coefficient (Wildman–Crippen LogP) is 1.97. The Kier molecular flexibility index (Phi) is 3.55. The number of aromatic nitrogens is 1. The summed E-state index contributed by atoms with van der Waals surface area (Å²) in [6.07, 6.45) is 1.83. The fourth-order valence-electron chi connectivity index (χ4n) is 1.37. The van der Waals surface area contributed by atoms with Gasteiger partial charge in [-0.2, -0.15) is 0 Å². The van der Waals surface area contributed by atoms with Gasteiger partial charge in [-0.1, -0.05) is 0 Å². The molecule has 0 aliphatic heterocycles. The highest BCUT2D eigenvalue weighted by Gasteiger charge is 2.06. The first-order valence-corrected chi connectivity index (χ1v) is 4.71. The molecule has 1 N–H and O–H groups in total. The third-order valence-corrected chi connectivity index (χ3v) is 2.12. The summed E-state index contributed by atoms with van der Waals surface area (Å²) >= 11 is 0. The quantitative estimate of drug-likeness (QED) is 0.766. The second-order valence-electron chi connectivity index (χ2n) is 2.80. The first kappa shape index (κ1) is 9.84. The molecule has 0 spiro atoms. The number of nitrogens with zero attached hydrogens (tertiary/aromatic N) is 2. The van der Waals surface area contributed by atoms with E-state index in [1.165, 1.54) is 0 Å². The van der Waals surface area contributed by atoms with Crippen molar-refractivity contribution in [2.75, 3.05) is 30.4 Å². The van der Waals surface area contributed by atoms with Crippen LogP contribution in [0.25, 0.3) is 0 Å². The van der Waals surface area contributed by atoms with Gasteiger partial charge in [0.1, 0.15) is 0 Å². The molecule has 0 atom stereocenters. The Bertz CT molecular complexity index is 256. The molecule has 0 fully saturated rings. The van der Waals surface area contributed by atoms with Crippen LogP contribution in [0.1, 0.15) is 13.8 Å². The van der Waals surface area contributed by atoms with Crippen LogP contribution in [0.2, 0.25) is 0 Å². The molecule has 1 aromatic heterocycles. The third kappa shape index (κ3) is 2.11. The van der Waals surface area contributed by atoms with E-state index in [4.69, 9.17) is 0 Å². The minimum Gasteiger partial charge on any atom is -0.385 e. The monoisotopic (exact) mass is 179 g/mol. The SMILES string of the molecule is CCN(CC)c1ncccc1NC. The zero-order chi connectivity index (χ0) is 9.68. The smallest absolute Gasteiger partial charge is 0.151 e. The van der Waals surface area contributed by atoms with E-state index in [1.54, 1.807) is 0 Å². The van der Waals surface area contributed by atoms with Crippen molar-refractivity contribution in [3.05, 3.63) is 18.3 Å². The number of pyridine rings is 1. The maximum Gasteiger partial charge on any atom is 0.151 e. The molecule has 0 saturated carbocycles. The van der Waals surface area contributed by atoms with Gasteiger partial charge in [0.25, 0.3) is 0 Å².